The fourth-order valence-corrected chi connectivity index (χ4v) is 4.61. The van der Waals surface area contributed by atoms with E-state index in [1.54, 1.807) is 5.48 Å². The molecule has 2 atom stereocenters. The Morgan fingerprint density at radius 1 is 0.865 bits per heavy atom. The Labute approximate surface area is 215 Å². The van der Waals surface area contributed by atoms with Gasteiger partial charge in [-0.15, -0.1) is 0 Å². The maximum atomic E-state index is 13.5. The third-order valence-electron chi connectivity index (χ3n) is 6.41. The van der Waals surface area contributed by atoms with Gasteiger partial charge in [-0.05, 0) is 41.7 Å². The highest BCUT2D eigenvalue weighted by molar-refractivity contribution is 6.07. The van der Waals surface area contributed by atoms with Crippen LogP contribution >= 0.6 is 0 Å². The van der Waals surface area contributed by atoms with Crippen LogP contribution < -0.4 is 16.1 Å². The number of nitrogens with one attached hydrogen (secondary N) is 4. The number of H-pyrrole nitrogens is 1. The van der Waals surface area contributed by atoms with Crippen LogP contribution in [0.2, 0.25) is 0 Å². The molecule has 8 nitrogen and oxygen atoms in total. The van der Waals surface area contributed by atoms with E-state index in [4.69, 9.17) is 5.21 Å². The van der Waals surface area contributed by atoms with Gasteiger partial charge in [0.25, 0.3) is 0 Å². The number of rotatable bonds is 10. The van der Waals surface area contributed by atoms with Crippen LogP contribution in [0, 0.1) is 11.8 Å². The predicted molar refractivity (Wildman–Crippen MR) is 142 cm³/mol. The number of fused-ring (bicyclic) bond motifs is 3. The van der Waals surface area contributed by atoms with Crippen LogP contribution in [0.25, 0.3) is 21.8 Å². The first kappa shape index (κ1) is 25.9. The highest BCUT2D eigenvalue weighted by Gasteiger charge is 2.29. The monoisotopic (exact) mass is 500 g/mol. The molecule has 0 saturated carbocycles. The first-order valence-electron chi connectivity index (χ1n) is 12.4. The molecule has 0 fully saturated rings. The molecule has 0 aliphatic rings. The van der Waals surface area contributed by atoms with Crippen molar-refractivity contribution < 1.29 is 19.6 Å². The Bertz CT molecular complexity index is 1400. The van der Waals surface area contributed by atoms with Crippen molar-refractivity contribution in [3.05, 3.63) is 83.9 Å². The molecule has 192 valence electrons. The summed E-state index contributed by atoms with van der Waals surface area (Å²) in [6.45, 7) is 4.21. The van der Waals surface area contributed by atoms with Crippen molar-refractivity contribution in [3.8, 4) is 0 Å². The molecule has 0 radical (unpaired) electrons. The van der Waals surface area contributed by atoms with Gasteiger partial charge in [0.05, 0.1) is 0 Å². The molecule has 0 spiro atoms. The first-order chi connectivity index (χ1) is 17.9. The molecule has 37 heavy (non-hydrogen) atoms. The summed E-state index contributed by atoms with van der Waals surface area (Å²) < 4.78 is 0. The number of aromatic nitrogens is 1. The van der Waals surface area contributed by atoms with Crippen LogP contribution in [0.15, 0.2) is 72.8 Å². The molecule has 5 N–H and O–H groups in total. The van der Waals surface area contributed by atoms with Crippen molar-refractivity contribution in [1.82, 2.24) is 21.1 Å². The molecule has 3 amide bonds. The topological polar surface area (TPSA) is 123 Å². The summed E-state index contributed by atoms with van der Waals surface area (Å²) in [5, 5.41) is 16.8. The normalized spacial score (nSPS) is 12.9. The molecule has 1 heterocycles. The fourth-order valence-electron chi connectivity index (χ4n) is 4.61. The molecule has 8 heteroatoms. The van der Waals surface area contributed by atoms with Crippen molar-refractivity contribution in [2.75, 3.05) is 0 Å². The lowest BCUT2D eigenvalue weighted by Crippen LogP contribution is -2.43. The van der Waals surface area contributed by atoms with Crippen molar-refractivity contribution in [2.24, 2.45) is 11.8 Å². The van der Waals surface area contributed by atoms with E-state index in [9.17, 15) is 14.4 Å². The van der Waals surface area contributed by atoms with Gasteiger partial charge in [0.1, 0.15) is 6.04 Å². The molecule has 1 aromatic heterocycles. The van der Waals surface area contributed by atoms with E-state index in [0.29, 0.717) is 18.5 Å². The van der Waals surface area contributed by atoms with Gasteiger partial charge in [-0.25, -0.2) is 5.48 Å². The number of aromatic amines is 1. The van der Waals surface area contributed by atoms with E-state index >= 15 is 0 Å². The van der Waals surface area contributed by atoms with Gasteiger partial charge in [0.2, 0.25) is 17.7 Å². The van der Waals surface area contributed by atoms with E-state index in [-0.39, 0.29) is 18.2 Å². The summed E-state index contributed by atoms with van der Waals surface area (Å²) in [6, 6.07) is 22.1. The van der Waals surface area contributed by atoms with Crippen molar-refractivity contribution in [3.63, 3.8) is 0 Å². The average Bonchev–Trinajstić information content (AvgIpc) is 3.28. The van der Waals surface area contributed by atoms with Gasteiger partial charge >= 0.3 is 0 Å². The quantitative estimate of drug-likeness (QED) is 0.164. The standard InChI is InChI=1S/C29H32N4O4/c1-18(2)14-21(16-26(34)33-37)28(35)32-27(29(36)30-17-19-8-4-3-5-9-19)20-12-13-25-23(15-20)22-10-6-7-11-24(22)31-25/h3-13,15,18,21,27,31,37H,14,16-17H2,1-2H3,(H,30,36)(H,32,35)(H,33,34)/t21-,27?/m1/s1. The van der Waals surface area contributed by atoms with Gasteiger partial charge in [0.15, 0.2) is 0 Å². The lowest BCUT2D eigenvalue weighted by atomic mass is 9.92. The zero-order valence-electron chi connectivity index (χ0n) is 21.0. The van der Waals surface area contributed by atoms with Gasteiger partial charge < -0.3 is 15.6 Å². The Balaban J connectivity index is 1.66. The van der Waals surface area contributed by atoms with Gasteiger partial charge in [0, 0.05) is 40.7 Å². The van der Waals surface area contributed by atoms with Crippen LogP contribution in [0.4, 0.5) is 0 Å². The minimum atomic E-state index is -0.971. The van der Waals surface area contributed by atoms with Crippen molar-refractivity contribution in [2.45, 2.75) is 39.3 Å². The summed E-state index contributed by atoms with van der Waals surface area (Å²) in [5.41, 5.74) is 5.08. The highest BCUT2D eigenvalue weighted by Crippen LogP contribution is 2.28. The van der Waals surface area contributed by atoms with Gasteiger partial charge in [-0.1, -0.05) is 68.4 Å². The first-order valence-corrected chi connectivity index (χ1v) is 12.4. The largest absolute Gasteiger partial charge is 0.355 e. The highest BCUT2D eigenvalue weighted by atomic mass is 16.5. The smallest absolute Gasteiger partial charge is 0.247 e. The Morgan fingerprint density at radius 2 is 1.57 bits per heavy atom. The maximum absolute atomic E-state index is 13.5. The molecule has 0 aliphatic carbocycles. The molecule has 0 bridgehead atoms. The van der Waals surface area contributed by atoms with E-state index in [0.717, 1.165) is 27.4 Å². The molecular formula is C29H32N4O4. The number of hydrogen-bond acceptors (Lipinski definition) is 4. The zero-order chi connectivity index (χ0) is 26.4. The van der Waals surface area contributed by atoms with Crippen molar-refractivity contribution in [1.29, 1.82) is 0 Å². The van der Waals surface area contributed by atoms with Crippen LogP contribution in [0.3, 0.4) is 0 Å². The number of amides is 3. The second-order valence-electron chi connectivity index (χ2n) is 9.69. The summed E-state index contributed by atoms with van der Waals surface area (Å²) in [4.78, 5) is 42.1. The molecule has 4 rings (SSSR count). The molecule has 4 aromatic rings. The number of para-hydroxylation sites is 1. The predicted octanol–water partition coefficient (Wildman–Crippen LogP) is 4.35. The molecule has 3 aromatic carbocycles. The Kier molecular flexibility index (Phi) is 8.20. The number of hydroxylamine groups is 1. The van der Waals surface area contributed by atoms with Gasteiger partial charge in [-0.3, -0.25) is 19.6 Å². The number of carbonyl (C=O) groups is 3. The van der Waals surface area contributed by atoms with Gasteiger partial charge in [-0.2, -0.15) is 0 Å². The second-order valence-corrected chi connectivity index (χ2v) is 9.69. The van der Waals surface area contributed by atoms with Crippen LogP contribution in [0.1, 0.15) is 43.9 Å². The van der Waals surface area contributed by atoms with E-state index in [2.05, 4.69) is 15.6 Å². The minimum absolute atomic E-state index is 0.134. The molecule has 0 saturated heterocycles. The third-order valence-corrected chi connectivity index (χ3v) is 6.41. The lowest BCUT2D eigenvalue weighted by Gasteiger charge is -2.23. The number of carbonyl (C=O) groups excluding carboxylic acids is 3. The summed E-state index contributed by atoms with van der Waals surface area (Å²) in [6.07, 6.45) is 0.249. The molecular weight excluding hydrogens is 468 g/mol. The zero-order valence-corrected chi connectivity index (χ0v) is 21.0. The Hall–Kier alpha value is -4.17. The molecule has 0 aliphatic heterocycles. The summed E-state index contributed by atoms with van der Waals surface area (Å²) >= 11 is 0. The van der Waals surface area contributed by atoms with E-state index in [1.807, 2.05) is 86.6 Å². The van der Waals surface area contributed by atoms with Crippen molar-refractivity contribution >= 4 is 39.5 Å². The average molecular weight is 501 g/mol. The maximum Gasteiger partial charge on any atom is 0.247 e. The fraction of sp³-hybridized carbons (Fsp3) is 0.276. The Morgan fingerprint density at radius 3 is 2.30 bits per heavy atom. The summed E-state index contributed by atoms with van der Waals surface area (Å²) in [7, 11) is 0. The van der Waals surface area contributed by atoms with Crippen LogP contribution in [-0.4, -0.2) is 27.9 Å². The van der Waals surface area contributed by atoms with E-state index < -0.39 is 23.8 Å². The SMILES string of the molecule is CC(C)C[C@H](CC(=O)NO)C(=O)NC(C(=O)NCc1ccccc1)c1ccc2[nH]c3ccccc3c2c1. The molecule has 1 unspecified atom stereocenters. The van der Waals surface area contributed by atoms with Crippen LogP contribution in [-0.2, 0) is 20.9 Å². The third kappa shape index (κ3) is 6.34. The van der Waals surface area contributed by atoms with E-state index in [1.165, 1.54) is 0 Å². The minimum Gasteiger partial charge on any atom is -0.355 e. The summed E-state index contributed by atoms with van der Waals surface area (Å²) in [5.74, 6) is -1.99. The lowest BCUT2D eigenvalue weighted by molar-refractivity contribution is -0.136. The second kappa shape index (κ2) is 11.7. The number of hydrogen-bond donors (Lipinski definition) is 5. The number of benzene rings is 3. The van der Waals surface area contributed by atoms with Crippen LogP contribution in [0.5, 0.6) is 0 Å².